The third kappa shape index (κ3) is 3.22. The van der Waals surface area contributed by atoms with Crippen molar-refractivity contribution in [3.8, 4) is 16.9 Å². The number of halogens is 3. The molecule has 0 saturated carbocycles. The Morgan fingerprint density at radius 2 is 1.62 bits per heavy atom. The monoisotopic (exact) mass is 335 g/mol. The fraction of sp³-hybridized carbons (Fsp3) is 0.278. The lowest BCUT2D eigenvalue weighted by atomic mass is 10.0. The van der Waals surface area contributed by atoms with Gasteiger partial charge in [0.25, 0.3) is 0 Å². The highest BCUT2D eigenvalue weighted by Crippen LogP contribution is 2.33. The number of carbonyl (C=O) groups is 1. The van der Waals surface area contributed by atoms with Crippen molar-refractivity contribution in [1.29, 1.82) is 0 Å². The zero-order valence-electron chi connectivity index (χ0n) is 12.9. The van der Waals surface area contributed by atoms with Gasteiger partial charge < -0.3 is 9.64 Å². The summed E-state index contributed by atoms with van der Waals surface area (Å²) in [5.74, 6) is -4.86. The summed E-state index contributed by atoms with van der Waals surface area (Å²) in [6, 6.07) is 8.90. The van der Waals surface area contributed by atoms with E-state index < -0.39 is 29.3 Å². The van der Waals surface area contributed by atoms with Gasteiger partial charge in [0.1, 0.15) is 0 Å². The van der Waals surface area contributed by atoms with E-state index in [4.69, 9.17) is 4.74 Å². The van der Waals surface area contributed by atoms with E-state index in [9.17, 15) is 18.0 Å². The first-order valence-corrected chi connectivity index (χ1v) is 7.77. The van der Waals surface area contributed by atoms with E-state index in [1.807, 2.05) is 0 Å². The Labute approximate surface area is 137 Å². The zero-order chi connectivity index (χ0) is 17.1. The summed E-state index contributed by atoms with van der Waals surface area (Å²) in [5.41, 5.74) is 0.116. The lowest BCUT2D eigenvalue weighted by Gasteiger charge is -2.25. The van der Waals surface area contributed by atoms with Crippen molar-refractivity contribution < 1.29 is 22.7 Å². The van der Waals surface area contributed by atoms with Crippen LogP contribution in [0.4, 0.5) is 18.0 Å². The number of likely N-dealkylation sites (tertiary alicyclic amines) is 1. The number of hydrogen-bond donors (Lipinski definition) is 0. The molecule has 24 heavy (non-hydrogen) atoms. The normalized spacial score (nSPS) is 14.5. The molecule has 3 rings (SSSR count). The Morgan fingerprint density at radius 3 is 2.29 bits per heavy atom. The second-order valence-corrected chi connectivity index (χ2v) is 5.64. The number of hydrogen-bond acceptors (Lipinski definition) is 2. The highest BCUT2D eigenvalue weighted by molar-refractivity contribution is 5.72. The molecule has 0 aromatic heterocycles. The number of nitrogens with zero attached hydrogens (tertiary/aromatic N) is 1. The molecule has 0 radical (unpaired) electrons. The van der Waals surface area contributed by atoms with Crippen LogP contribution in [0.25, 0.3) is 11.1 Å². The van der Waals surface area contributed by atoms with Crippen LogP contribution < -0.4 is 4.74 Å². The molecule has 1 aliphatic rings. The maximum Gasteiger partial charge on any atom is 0.415 e. The van der Waals surface area contributed by atoms with Gasteiger partial charge in [-0.05, 0) is 30.9 Å². The Kier molecular flexibility index (Phi) is 4.74. The summed E-state index contributed by atoms with van der Waals surface area (Å²) in [6.45, 7) is 0.930. The summed E-state index contributed by atoms with van der Waals surface area (Å²) in [5, 5.41) is 0. The van der Waals surface area contributed by atoms with Crippen LogP contribution in [-0.2, 0) is 0 Å². The smallest absolute Gasteiger partial charge is 0.404 e. The first kappa shape index (κ1) is 16.4. The number of amides is 1. The minimum absolute atomic E-state index is 0.219. The molecular formula is C18H16F3NO2. The van der Waals surface area contributed by atoms with Crippen LogP contribution in [-0.4, -0.2) is 24.1 Å². The van der Waals surface area contributed by atoms with Crippen molar-refractivity contribution in [1.82, 2.24) is 4.90 Å². The van der Waals surface area contributed by atoms with E-state index in [1.165, 1.54) is 17.0 Å². The topological polar surface area (TPSA) is 29.5 Å². The minimum atomic E-state index is -1.50. The molecule has 0 bridgehead atoms. The molecule has 2 aromatic carbocycles. The van der Waals surface area contributed by atoms with Crippen LogP contribution in [0.5, 0.6) is 5.75 Å². The van der Waals surface area contributed by atoms with E-state index in [1.54, 1.807) is 18.2 Å². The number of benzene rings is 2. The highest BCUT2D eigenvalue weighted by atomic mass is 19.2. The fourth-order valence-corrected chi connectivity index (χ4v) is 2.73. The second-order valence-electron chi connectivity index (χ2n) is 5.64. The molecule has 3 nitrogen and oxygen atoms in total. The van der Waals surface area contributed by atoms with Crippen molar-refractivity contribution in [3.63, 3.8) is 0 Å². The molecule has 1 fully saturated rings. The van der Waals surface area contributed by atoms with Gasteiger partial charge in [0.15, 0.2) is 11.6 Å². The van der Waals surface area contributed by atoms with Gasteiger partial charge in [0.05, 0.1) is 0 Å². The Hall–Kier alpha value is -2.50. The van der Waals surface area contributed by atoms with E-state index in [2.05, 4.69) is 0 Å². The predicted octanol–water partition coefficient (Wildman–Crippen LogP) is 4.76. The SMILES string of the molecule is O=C(Oc1c(F)cc(-c2ccccc2)c(F)c1F)N1CCCCC1. The van der Waals surface area contributed by atoms with Crippen LogP contribution in [0.2, 0.25) is 0 Å². The largest absolute Gasteiger partial charge is 0.415 e. The van der Waals surface area contributed by atoms with E-state index in [0.29, 0.717) is 18.7 Å². The average Bonchev–Trinajstić information content (AvgIpc) is 2.63. The van der Waals surface area contributed by atoms with Crippen LogP contribution in [0.3, 0.4) is 0 Å². The van der Waals surface area contributed by atoms with Crippen molar-refractivity contribution in [2.24, 2.45) is 0 Å². The lowest BCUT2D eigenvalue weighted by molar-refractivity contribution is 0.138. The van der Waals surface area contributed by atoms with Gasteiger partial charge in [-0.25, -0.2) is 13.6 Å². The molecule has 6 heteroatoms. The van der Waals surface area contributed by atoms with Crippen LogP contribution in [0.1, 0.15) is 19.3 Å². The third-order valence-electron chi connectivity index (χ3n) is 4.00. The molecule has 126 valence electrons. The van der Waals surface area contributed by atoms with Gasteiger partial charge in [-0.2, -0.15) is 4.39 Å². The van der Waals surface area contributed by atoms with Crippen molar-refractivity contribution in [2.45, 2.75) is 19.3 Å². The third-order valence-corrected chi connectivity index (χ3v) is 4.00. The summed E-state index contributed by atoms with van der Waals surface area (Å²) in [6.07, 6.45) is 1.75. The fourth-order valence-electron chi connectivity index (χ4n) is 2.73. The standard InChI is InChI=1S/C18H16F3NO2/c19-14-11-13(12-7-3-1-4-8-12)15(20)16(21)17(14)24-18(23)22-9-5-2-6-10-22/h1,3-4,7-8,11H,2,5-6,9-10H2. The molecule has 1 heterocycles. The number of carbonyl (C=O) groups excluding carboxylic acids is 1. The van der Waals surface area contributed by atoms with Crippen LogP contribution >= 0.6 is 0 Å². The maximum absolute atomic E-state index is 14.3. The van der Waals surface area contributed by atoms with E-state index in [-0.39, 0.29) is 5.56 Å². The predicted molar refractivity (Wildman–Crippen MR) is 83.2 cm³/mol. The molecule has 0 atom stereocenters. The number of ether oxygens (including phenoxy) is 1. The molecular weight excluding hydrogens is 319 g/mol. The summed E-state index contributed by atoms with van der Waals surface area (Å²) in [7, 11) is 0. The second kappa shape index (κ2) is 6.95. The van der Waals surface area contributed by atoms with Gasteiger partial charge >= 0.3 is 6.09 Å². The number of piperidine rings is 1. The molecule has 0 unspecified atom stereocenters. The number of rotatable bonds is 2. The zero-order valence-corrected chi connectivity index (χ0v) is 12.9. The average molecular weight is 335 g/mol. The van der Waals surface area contributed by atoms with Gasteiger partial charge in [-0.3, -0.25) is 0 Å². The quantitative estimate of drug-likeness (QED) is 0.741. The lowest BCUT2D eigenvalue weighted by Crippen LogP contribution is -2.37. The highest BCUT2D eigenvalue weighted by Gasteiger charge is 2.26. The first-order chi connectivity index (χ1) is 11.6. The van der Waals surface area contributed by atoms with Gasteiger partial charge in [0.2, 0.25) is 11.6 Å². The van der Waals surface area contributed by atoms with Crippen molar-refractivity contribution >= 4 is 6.09 Å². The van der Waals surface area contributed by atoms with E-state index >= 15 is 0 Å². The van der Waals surface area contributed by atoms with Crippen molar-refractivity contribution in [2.75, 3.05) is 13.1 Å². The molecule has 1 amide bonds. The summed E-state index contributed by atoms with van der Waals surface area (Å²) < 4.78 is 47.5. The molecule has 1 aliphatic heterocycles. The maximum atomic E-state index is 14.3. The molecule has 0 spiro atoms. The first-order valence-electron chi connectivity index (χ1n) is 7.77. The molecule has 0 aliphatic carbocycles. The summed E-state index contributed by atoms with van der Waals surface area (Å²) in [4.78, 5) is 13.4. The molecule has 0 N–H and O–H groups in total. The Bertz CT molecular complexity index is 744. The minimum Gasteiger partial charge on any atom is -0.404 e. The van der Waals surface area contributed by atoms with Crippen molar-refractivity contribution in [3.05, 3.63) is 53.8 Å². The van der Waals surface area contributed by atoms with Gasteiger partial charge in [-0.1, -0.05) is 30.3 Å². The molecule has 1 saturated heterocycles. The van der Waals surface area contributed by atoms with Gasteiger partial charge in [-0.15, -0.1) is 0 Å². The van der Waals surface area contributed by atoms with Crippen LogP contribution in [0, 0.1) is 17.5 Å². The summed E-state index contributed by atoms with van der Waals surface area (Å²) >= 11 is 0. The molecule has 2 aromatic rings. The van der Waals surface area contributed by atoms with Gasteiger partial charge in [0, 0.05) is 18.7 Å². The Balaban J connectivity index is 1.89. The van der Waals surface area contributed by atoms with Crippen LogP contribution in [0.15, 0.2) is 36.4 Å². The van der Waals surface area contributed by atoms with E-state index in [0.717, 1.165) is 25.3 Å². The Morgan fingerprint density at radius 1 is 0.958 bits per heavy atom.